The van der Waals surface area contributed by atoms with Crippen LogP contribution in [0.2, 0.25) is 0 Å². The molecule has 0 aliphatic heterocycles. The third kappa shape index (κ3) is 13.7. The first-order valence-electron chi connectivity index (χ1n) is 8.58. The van der Waals surface area contributed by atoms with Gasteiger partial charge in [-0.25, -0.2) is 0 Å². The van der Waals surface area contributed by atoms with Crippen LogP contribution in [0.3, 0.4) is 0 Å². The number of benzene rings is 1. The van der Waals surface area contributed by atoms with E-state index in [1.165, 1.54) is 0 Å². The van der Waals surface area contributed by atoms with Crippen LogP contribution in [0.5, 0.6) is 0 Å². The number of nitrogens with one attached hydrogen (secondary N) is 2. The second-order valence-corrected chi connectivity index (χ2v) is 6.05. The summed E-state index contributed by atoms with van der Waals surface area (Å²) in [5, 5.41) is 6.39. The van der Waals surface area contributed by atoms with Crippen molar-refractivity contribution in [3.8, 4) is 0 Å². The van der Waals surface area contributed by atoms with E-state index in [1.807, 2.05) is 26.0 Å². The lowest BCUT2D eigenvalue weighted by Crippen LogP contribution is -2.37. The second-order valence-electron chi connectivity index (χ2n) is 6.05. The summed E-state index contributed by atoms with van der Waals surface area (Å²) in [5.74, 6) is 0.687. The van der Waals surface area contributed by atoms with Crippen LogP contribution in [0, 0.1) is 0 Å². The second kappa shape index (κ2) is 14.0. The van der Waals surface area contributed by atoms with Gasteiger partial charge in [-0.3, -0.25) is 4.99 Å². The first kappa shape index (κ1) is 25.9. The molecule has 0 aliphatic rings. The summed E-state index contributed by atoms with van der Waals surface area (Å²) in [5.41, 5.74) is 1.70. The van der Waals surface area contributed by atoms with Crippen molar-refractivity contribution in [1.82, 2.24) is 10.6 Å². The lowest BCUT2D eigenvalue weighted by Gasteiger charge is -2.13. The summed E-state index contributed by atoms with van der Waals surface area (Å²) < 4.78 is 46.2. The Morgan fingerprint density at radius 3 is 2.30 bits per heavy atom. The van der Waals surface area contributed by atoms with E-state index in [2.05, 4.69) is 20.4 Å². The molecule has 0 spiro atoms. The van der Waals surface area contributed by atoms with E-state index < -0.39 is 12.8 Å². The van der Waals surface area contributed by atoms with Gasteiger partial charge in [-0.05, 0) is 31.4 Å². The molecule has 0 saturated carbocycles. The van der Waals surface area contributed by atoms with Gasteiger partial charge in [-0.1, -0.05) is 24.3 Å². The topological polar surface area (TPSA) is 54.9 Å². The molecule has 0 bridgehead atoms. The van der Waals surface area contributed by atoms with Crippen molar-refractivity contribution in [2.75, 3.05) is 26.8 Å². The minimum absolute atomic E-state index is 0. The highest BCUT2D eigenvalue weighted by atomic mass is 127. The maximum Gasteiger partial charge on any atom is 0.411 e. The maximum absolute atomic E-state index is 12.0. The summed E-state index contributed by atoms with van der Waals surface area (Å²) in [6.07, 6.45) is -3.19. The monoisotopic (exact) mass is 503 g/mol. The molecule has 0 amide bonds. The van der Waals surface area contributed by atoms with E-state index >= 15 is 0 Å². The Kier molecular flexibility index (Phi) is 13.4. The smallest absolute Gasteiger partial charge is 0.379 e. The van der Waals surface area contributed by atoms with Crippen molar-refractivity contribution < 1.29 is 22.6 Å². The highest BCUT2D eigenvalue weighted by Crippen LogP contribution is 2.15. The molecule has 27 heavy (non-hydrogen) atoms. The van der Waals surface area contributed by atoms with Crippen LogP contribution in [0.1, 0.15) is 31.4 Å². The predicted molar refractivity (Wildman–Crippen MR) is 111 cm³/mol. The molecule has 9 heteroatoms. The van der Waals surface area contributed by atoms with Gasteiger partial charge >= 0.3 is 6.18 Å². The molecule has 1 aromatic carbocycles. The summed E-state index contributed by atoms with van der Waals surface area (Å²) >= 11 is 0. The van der Waals surface area contributed by atoms with Gasteiger partial charge in [0.25, 0.3) is 0 Å². The number of aliphatic imine (C=N–C) groups is 1. The lowest BCUT2D eigenvalue weighted by atomic mass is 10.1. The summed E-state index contributed by atoms with van der Waals surface area (Å²) in [6.45, 7) is 4.71. The highest BCUT2D eigenvalue weighted by molar-refractivity contribution is 14.0. The molecule has 1 aromatic rings. The van der Waals surface area contributed by atoms with Gasteiger partial charge in [0, 0.05) is 26.7 Å². The van der Waals surface area contributed by atoms with Gasteiger partial charge in [0.2, 0.25) is 0 Å². The fraction of sp³-hybridized carbons (Fsp3) is 0.611. The minimum Gasteiger partial charge on any atom is -0.379 e. The Morgan fingerprint density at radius 1 is 1.11 bits per heavy atom. The Bertz CT molecular complexity index is 538. The molecular formula is C18H29F3IN3O2. The van der Waals surface area contributed by atoms with Crippen molar-refractivity contribution in [2.24, 2.45) is 4.99 Å². The first-order chi connectivity index (χ1) is 12.3. The molecule has 2 N–H and O–H groups in total. The van der Waals surface area contributed by atoms with E-state index in [4.69, 9.17) is 4.74 Å². The zero-order valence-corrected chi connectivity index (χ0v) is 18.3. The zero-order chi connectivity index (χ0) is 19.4. The van der Waals surface area contributed by atoms with Crippen molar-refractivity contribution >= 4 is 29.9 Å². The van der Waals surface area contributed by atoms with Crippen LogP contribution in [0.25, 0.3) is 0 Å². The Labute approximate surface area is 176 Å². The standard InChI is InChI=1S/C18H28F3N3O2.HI/c1-14(2)26-10-4-9-23-17(22-3)24-11-15-5-7-16(8-6-15)12-25-13-18(19,20)21;/h5-8,14H,4,9-13H2,1-3H3,(H2,22,23,24);1H. The predicted octanol–water partition coefficient (Wildman–Crippen LogP) is 3.86. The number of nitrogens with zero attached hydrogens (tertiary/aromatic N) is 1. The number of ether oxygens (including phenoxy) is 2. The summed E-state index contributed by atoms with van der Waals surface area (Å²) in [4.78, 5) is 4.14. The minimum atomic E-state index is -4.30. The zero-order valence-electron chi connectivity index (χ0n) is 15.9. The first-order valence-corrected chi connectivity index (χ1v) is 8.58. The molecule has 0 heterocycles. The van der Waals surface area contributed by atoms with Crippen LogP contribution >= 0.6 is 24.0 Å². The van der Waals surface area contributed by atoms with Crippen LogP contribution in [0.15, 0.2) is 29.3 Å². The number of hydrogen-bond acceptors (Lipinski definition) is 3. The van der Waals surface area contributed by atoms with E-state index in [9.17, 15) is 13.2 Å². The number of alkyl halides is 3. The lowest BCUT2D eigenvalue weighted by molar-refractivity contribution is -0.176. The van der Waals surface area contributed by atoms with Crippen LogP contribution in [0.4, 0.5) is 13.2 Å². The quantitative estimate of drug-likeness (QED) is 0.221. The third-order valence-corrected chi connectivity index (χ3v) is 3.31. The Morgan fingerprint density at radius 2 is 1.74 bits per heavy atom. The molecule has 0 atom stereocenters. The molecule has 0 radical (unpaired) electrons. The Balaban J connectivity index is 0.00000676. The highest BCUT2D eigenvalue weighted by Gasteiger charge is 2.27. The van der Waals surface area contributed by atoms with E-state index in [1.54, 1.807) is 19.2 Å². The number of halogens is 4. The van der Waals surface area contributed by atoms with Gasteiger partial charge in [-0.2, -0.15) is 13.2 Å². The SMILES string of the molecule is CN=C(NCCCOC(C)C)NCc1ccc(COCC(F)(F)F)cc1.I. The average molecular weight is 503 g/mol. The van der Waals surface area contributed by atoms with Crippen LogP contribution in [-0.2, 0) is 22.6 Å². The molecule has 0 saturated heterocycles. The van der Waals surface area contributed by atoms with Crippen molar-refractivity contribution in [1.29, 1.82) is 0 Å². The van der Waals surface area contributed by atoms with E-state index in [-0.39, 0.29) is 36.7 Å². The fourth-order valence-electron chi connectivity index (χ4n) is 2.04. The molecule has 5 nitrogen and oxygen atoms in total. The van der Waals surface area contributed by atoms with Crippen LogP contribution in [-0.4, -0.2) is 45.0 Å². The van der Waals surface area contributed by atoms with Gasteiger partial charge in [0.15, 0.2) is 5.96 Å². The van der Waals surface area contributed by atoms with Gasteiger partial charge in [0.05, 0.1) is 12.7 Å². The fourth-order valence-corrected chi connectivity index (χ4v) is 2.04. The normalized spacial score (nSPS) is 12.0. The van der Waals surface area contributed by atoms with Crippen molar-refractivity contribution in [3.63, 3.8) is 0 Å². The largest absolute Gasteiger partial charge is 0.411 e. The number of hydrogen-bond donors (Lipinski definition) is 2. The van der Waals surface area contributed by atoms with Crippen molar-refractivity contribution in [2.45, 2.75) is 45.7 Å². The van der Waals surface area contributed by atoms with E-state index in [0.29, 0.717) is 24.7 Å². The van der Waals surface area contributed by atoms with Crippen LogP contribution < -0.4 is 10.6 Å². The Hall–Kier alpha value is -1.07. The van der Waals surface area contributed by atoms with Gasteiger partial charge in [-0.15, -0.1) is 24.0 Å². The molecule has 1 rings (SSSR count). The van der Waals surface area contributed by atoms with Gasteiger partial charge < -0.3 is 20.1 Å². The number of rotatable bonds is 10. The molecular weight excluding hydrogens is 474 g/mol. The average Bonchev–Trinajstić information content (AvgIpc) is 2.57. The molecule has 0 aromatic heterocycles. The molecule has 0 aliphatic carbocycles. The molecule has 0 fully saturated rings. The van der Waals surface area contributed by atoms with E-state index in [0.717, 1.165) is 18.5 Å². The maximum atomic E-state index is 12.0. The number of guanidine groups is 1. The molecule has 156 valence electrons. The van der Waals surface area contributed by atoms with Crippen molar-refractivity contribution in [3.05, 3.63) is 35.4 Å². The third-order valence-electron chi connectivity index (χ3n) is 3.31. The molecule has 0 unspecified atom stereocenters. The summed E-state index contributed by atoms with van der Waals surface area (Å²) in [6, 6.07) is 7.21. The summed E-state index contributed by atoms with van der Waals surface area (Å²) in [7, 11) is 1.70. The van der Waals surface area contributed by atoms with Gasteiger partial charge in [0.1, 0.15) is 6.61 Å².